The predicted octanol–water partition coefficient (Wildman–Crippen LogP) is 2.17. The molecular formula is C24H26N4O6S. The van der Waals surface area contributed by atoms with Gasteiger partial charge in [-0.2, -0.15) is 0 Å². The van der Waals surface area contributed by atoms with Gasteiger partial charge in [-0.15, -0.1) is 0 Å². The summed E-state index contributed by atoms with van der Waals surface area (Å²) in [5, 5.41) is 23.1. The van der Waals surface area contributed by atoms with Crippen LogP contribution in [0.4, 0.5) is 5.69 Å². The van der Waals surface area contributed by atoms with E-state index in [1.165, 1.54) is 25.1 Å². The molecule has 0 aliphatic carbocycles. The van der Waals surface area contributed by atoms with Gasteiger partial charge in [-0.25, -0.2) is 0 Å². The quantitative estimate of drug-likeness (QED) is 0.324. The highest BCUT2D eigenvalue weighted by Gasteiger charge is 2.21. The van der Waals surface area contributed by atoms with Crippen LogP contribution in [0.2, 0.25) is 0 Å². The van der Waals surface area contributed by atoms with Crippen molar-refractivity contribution in [1.29, 1.82) is 0 Å². The van der Waals surface area contributed by atoms with Gasteiger partial charge < -0.3 is 20.2 Å². The summed E-state index contributed by atoms with van der Waals surface area (Å²) in [6.45, 7) is 3.31. The first-order chi connectivity index (χ1) is 16.8. The van der Waals surface area contributed by atoms with Crippen LogP contribution in [0.15, 0.2) is 58.3 Å². The fourth-order valence-electron chi connectivity index (χ4n) is 3.48. The normalized spacial score (nSPS) is 13.7. The SMILES string of the molecule is CC(=O)N1CCN(C(=O)/C=C/c2ccc(Sc3cccc(C(=O)NCCO)c3)c([N+](=O)[O-])c2)CC1. The number of nitrogens with zero attached hydrogens (tertiary/aromatic N) is 3. The molecule has 1 fully saturated rings. The zero-order valence-electron chi connectivity index (χ0n) is 19.2. The highest BCUT2D eigenvalue weighted by atomic mass is 32.2. The van der Waals surface area contributed by atoms with E-state index in [1.807, 2.05) is 0 Å². The van der Waals surface area contributed by atoms with Gasteiger partial charge in [-0.05, 0) is 35.9 Å². The van der Waals surface area contributed by atoms with Crippen LogP contribution in [0.1, 0.15) is 22.8 Å². The lowest BCUT2D eigenvalue weighted by Gasteiger charge is -2.33. The van der Waals surface area contributed by atoms with E-state index in [1.54, 1.807) is 46.2 Å². The van der Waals surface area contributed by atoms with Crippen LogP contribution >= 0.6 is 11.8 Å². The summed E-state index contributed by atoms with van der Waals surface area (Å²) in [5.74, 6) is -0.580. The van der Waals surface area contributed by atoms with Crippen molar-refractivity contribution in [3.05, 3.63) is 69.8 Å². The monoisotopic (exact) mass is 498 g/mol. The standard InChI is InChI=1S/C24H26N4O6S/c1-17(30)26-10-12-27(13-11-26)23(31)8-6-18-5-7-22(21(15-18)28(33)34)35-20-4-2-3-19(16-20)24(32)25-9-14-29/h2-8,15-16,29H,9-14H2,1H3,(H,25,32)/b8-6+. The van der Waals surface area contributed by atoms with Crippen molar-refractivity contribution in [2.45, 2.75) is 16.7 Å². The van der Waals surface area contributed by atoms with Gasteiger partial charge in [0.1, 0.15) is 0 Å². The second-order valence-electron chi connectivity index (χ2n) is 7.76. The number of hydrogen-bond donors (Lipinski definition) is 2. The van der Waals surface area contributed by atoms with Crippen LogP contribution in [0, 0.1) is 10.1 Å². The molecular weight excluding hydrogens is 472 g/mol. The molecule has 0 radical (unpaired) electrons. The van der Waals surface area contributed by atoms with Crippen LogP contribution in [0.5, 0.6) is 0 Å². The summed E-state index contributed by atoms with van der Waals surface area (Å²) in [6, 6.07) is 11.4. The van der Waals surface area contributed by atoms with Crippen molar-refractivity contribution in [3.8, 4) is 0 Å². The van der Waals surface area contributed by atoms with Crippen LogP contribution < -0.4 is 5.32 Å². The van der Waals surface area contributed by atoms with E-state index in [0.29, 0.717) is 47.1 Å². The third-order valence-corrected chi connectivity index (χ3v) is 6.41. The van der Waals surface area contributed by atoms with E-state index in [9.17, 15) is 24.5 Å². The summed E-state index contributed by atoms with van der Waals surface area (Å²) >= 11 is 1.15. The Morgan fingerprint density at radius 1 is 1.11 bits per heavy atom. The number of piperazine rings is 1. The van der Waals surface area contributed by atoms with E-state index in [-0.39, 0.29) is 36.6 Å². The van der Waals surface area contributed by atoms with Gasteiger partial charge in [0, 0.05) is 62.2 Å². The molecule has 0 atom stereocenters. The molecule has 1 aliphatic rings. The third kappa shape index (κ3) is 7.14. The molecule has 2 N–H and O–H groups in total. The summed E-state index contributed by atoms with van der Waals surface area (Å²) in [7, 11) is 0. The van der Waals surface area contributed by atoms with Crippen molar-refractivity contribution in [2.24, 2.45) is 0 Å². The van der Waals surface area contributed by atoms with E-state index in [0.717, 1.165) is 11.8 Å². The number of rotatable bonds is 8. The molecule has 184 valence electrons. The van der Waals surface area contributed by atoms with E-state index in [2.05, 4.69) is 5.32 Å². The predicted molar refractivity (Wildman–Crippen MR) is 131 cm³/mol. The van der Waals surface area contributed by atoms with E-state index in [4.69, 9.17) is 5.11 Å². The van der Waals surface area contributed by atoms with Gasteiger partial charge in [0.05, 0.1) is 16.4 Å². The Labute approximate surface area is 206 Å². The number of aliphatic hydroxyl groups is 1. The van der Waals surface area contributed by atoms with Crippen LogP contribution in [-0.2, 0) is 9.59 Å². The fourth-order valence-corrected chi connectivity index (χ4v) is 4.44. The summed E-state index contributed by atoms with van der Waals surface area (Å²) < 4.78 is 0. The van der Waals surface area contributed by atoms with E-state index < -0.39 is 4.92 Å². The first kappa shape index (κ1) is 25.9. The number of benzene rings is 2. The second kappa shape index (κ2) is 12.1. The van der Waals surface area contributed by atoms with Gasteiger partial charge in [-0.1, -0.05) is 23.9 Å². The first-order valence-electron chi connectivity index (χ1n) is 11.0. The molecule has 0 bridgehead atoms. The summed E-state index contributed by atoms with van der Waals surface area (Å²) in [4.78, 5) is 51.6. The first-order valence-corrected chi connectivity index (χ1v) is 11.8. The highest BCUT2D eigenvalue weighted by molar-refractivity contribution is 7.99. The molecule has 2 aromatic rings. The minimum Gasteiger partial charge on any atom is -0.395 e. The van der Waals surface area contributed by atoms with Crippen LogP contribution in [-0.4, -0.2) is 76.9 Å². The maximum Gasteiger partial charge on any atom is 0.283 e. The topological polar surface area (TPSA) is 133 Å². The Morgan fingerprint density at radius 3 is 2.49 bits per heavy atom. The molecule has 0 spiro atoms. The van der Waals surface area contributed by atoms with Crippen LogP contribution in [0.25, 0.3) is 6.08 Å². The number of nitrogens with one attached hydrogen (secondary N) is 1. The second-order valence-corrected chi connectivity index (χ2v) is 8.87. The molecule has 0 saturated carbocycles. The molecule has 0 unspecified atom stereocenters. The molecule has 35 heavy (non-hydrogen) atoms. The number of aliphatic hydroxyl groups excluding tert-OH is 1. The molecule has 1 saturated heterocycles. The van der Waals surface area contributed by atoms with Crippen molar-refractivity contribution in [1.82, 2.24) is 15.1 Å². The smallest absolute Gasteiger partial charge is 0.283 e. The minimum absolute atomic E-state index is 0.0189. The number of carbonyl (C=O) groups is 3. The van der Waals surface area contributed by atoms with Crippen molar-refractivity contribution in [3.63, 3.8) is 0 Å². The number of hydrogen-bond acceptors (Lipinski definition) is 7. The van der Waals surface area contributed by atoms with E-state index >= 15 is 0 Å². The average molecular weight is 499 g/mol. The zero-order valence-corrected chi connectivity index (χ0v) is 20.0. The highest BCUT2D eigenvalue weighted by Crippen LogP contribution is 2.36. The number of amides is 3. The Bertz CT molecular complexity index is 1140. The number of nitro groups is 1. The summed E-state index contributed by atoms with van der Waals surface area (Å²) in [5.41, 5.74) is 0.775. The van der Waals surface area contributed by atoms with Crippen molar-refractivity contribution >= 4 is 41.2 Å². The Kier molecular flexibility index (Phi) is 8.98. The lowest BCUT2D eigenvalue weighted by molar-refractivity contribution is -0.387. The molecule has 11 heteroatoms. The van der Waals surface area contributed by atoms with Gasteiger partial charge in [0.25, 0.3) is 11.6 Å². The molecule has 1 heterocycles. The summed E-state index contributed by atoms with van der Waals surface area (Å²) in [6.07, 6.45) is 2.91. The maximum absolute atomic E-state index is 12.5. The Balaban J connectivity index is 1.70. The van der Waals surface area contributed by atoms with Gasteiger partial charge in [-0.3, -0.25) is 24.5 Å². The number of carbonyl (C=O) groups excluding carboxylic acids is 3. The maximum atomic E-state index is 12.5. The molecule has 3 rings (SSSR count). The van der Waals surface area contributed by atoms with Gasteiger partial charge >= 0.3 is 0 Å². The zero-order chi connectivity index (χ0) is 25.4. The lowest BCUT2D eigenvalue weighted by atomic mass is 10.2. The molecule has 1 aliphatic heterocycles. The minimum atomic E-state index is -0.486. The Hall–Kier alpha value is -3.70. The van der Waals surface area contributed by atoms with Crippen molar-refractivity contribution in [2.75, 3.05) is 39.3 Å². The van der Waals surface area contributed by atoms with Gasteiger partial charge in [0.2, 0.25) is 11.8 Å². The third-order valence-electron chi connectivity index (χ3n) is 5.36. The lowest BCUT2D eigenvalue weighted by Crippen LogP contribution is -2.49. The fraction of sp³-hybridized carbons (Fsp3) is 0.292. The number of nitro benzene ring substituents is 1. The largest absolute Gasteiger partial charge is 0.395 e. The van der Waals surface area contributed by atoms with Crippen LogP contribution in [0.3, 0.4) is 0 Å². The molecule has 0 aromatic heterocycles. The molecule has 3 amide bonds. The molecule has 2 aromatic carbocycles. The Morgan fingerprint density at radius 2 is 1.83 bits per heavy atom. The van der Waals surface area contributed by atoms with Gasteiger partial charge in [0.15, 0.2) is 0 Å². The average Bonchev–Trinajstić information content (AvgIpc) is 2.86. The molecule has 10 nitrogen and oxygen atoms in total. The van der Waals surface area contributed by atoms with Crippen molar-refractivity contribution < 1.29 is 24.4 Å².